The highest BCUT2D eigenvalue weighted by Gasteiger charge is 2.36. The molecule has 1 aliphatic rings. The molecule has 2 aromatic rings. The van der Waals surface area contributed by atoms with Crippen molar-refractivity contribution in [2.75, 3.05) is 6.54 Å². The van der Waals surface area contributed by atoms with Crippen molar-refractivity contribution in [3.05, 3.63) is 65.6 Å². The fourth-order valence-corrected chi connectivity index (χ4v) is 2.75. The summed E-state index contributed by atoms with van der Waals surface area (Å²) in [4.78, 5) is 11.9. The minimum Gasteiger partial charge on any atom is -0.461 e. The van der Waals surface area contributed by atoms with Gasteiger partial charge in [0.15, 0.2) is 0 Å². The lowest BCUT2D eigenvalue weighted by molar-refractivity contribution is -0.116. The van der Waals surface area contributed by atoms with Crippen LogP contribution in [0.3, 0.4) is 0 Å². The number of hydrogen-bond acceptors (Lipinski definition) is 2. The van der Waals surface area contributed by atoms with E-state index in [0.717, 1.165) is 17.4 Å². The fraction of sp³-hybridized carbons (Fsp3) is 0.350. The van der Waals surface area contributed by atoms with Gasteiger partial charge >= 0.3 is 0 Å². The van der Waals surface area contributed by atoms with Gasteiger partial charge in [0.1, 0.15) is 11.5 Å². The zero-order valence-corrected chi connectivity index (χ0v) is 13.7. The van der Waals surface area contributed by atoms with E-state index in [1.165, 1.54) is 18.1 Å². The van der Waals surface area contributed by atoms with Crippen LogP contribution in [-0.2, 0) is 4.79 Å². The first-order valence-electron chi connectivity index (χ1n) is 8.24. The van der Waals surface area contributed by atoms with E-state index in [1.54, 1.807) is 6.08 Å². The van der Waals surface area contributed by atoms with Crippen molar-refractivity contribution < 1.29 is 9.21 Å². The van der Waals surface area contributed by atoms with E-state index in [0.29, 0.717) is 18.4 Å². The Labute approximate surface area is 137 Å². The van der Waals surface area contributed by atoms with Crippen molar-refractivity contribution in [3.8, 4) is 0 Å². The maximum atomic E-state index is 11.9. The third kappa shape index (κ3) is 4.13. The monoisotopic (exact) mass is 309 g/mol. The average Bonchev–Trinajstić information content (AvgIpc) is 3.12. The van der Waals surface area contributed by atoms with Crippen molar-refractivity contribution in [1.82, 2.24) is 5.32 Å². The van der Waals surface area contributed by atoms with E-state index in [2.05, 4.69) is 31.3 Å². The summed E-state index contributed by atoms with van der Waals surface area (Å²) in [6, 6.07) is 14.1. The zero-order valence-electron chi connectivity index (χ0n) is 13.7. The molecule has 3 atom stereocenters. The van der Waals surface area contributed by atoms with E-state index >= 15 is 0 Å². The molecule has 1 aromatic carbocycles. The molecule has 23 heavy (non-hydrogen) atoms. The van der Waals surface area contributed by atoms with Gasteiger partial charge < -0.3 is 9.73 Å². The molecule has 1 saturated carbocycles. The van der Waals surface area contributed by atoms with Crippen LogP contribution in [0.1, 0.15) is 49.2 Å². The van der Waals surface area contributed by atoms with Crippen LogP contribution in [0.4, 0.5) is 0 Å². The number of hydrogen-bond donors (Lipinski definition) is 1. The molecule has 1 amide bonds. The van der Waals surface area contributed by atoms with Crippen molar-refractivity contribution >= 4 is 12.0 Å². The minimum atomic E-state index is -0.0921. The maximum absolute atomic E-state index is 11.9. The highest BCUT2D eigenvalue weighted by atomic mass is 16.3. The Balaban J connectivity index is 1.48. The summed E-state index contributed by atoms with van der Waals surface area (Å²) in [6.07, 6.45) is 4.48. The van der Waals surface area contributed by atoms with Crippen LogP contribution in [0.25, 0.3) is 6.08 Å². The molecule has 1 N–H and O–H groups in total. The third-order valence-electron chi connectivity index (χ3n) is 4.47. The molecular weight excluding hydrogens is 286 g/mol. The molecule has 3 nitrogen and oxygen atoms in total. The van der Waals surface area contributed by atoms with Gasteiger partial charge in [0.2, 0.25) is 5.91 Å². The highest BCUT2D eigenvalue weighted by molar-refractivity contribution is 5.91. The molecule has 1 aromatic heterocycles. The molecule has 0 bridgehead atoms. The SMILES string of the molecule is CC(CNC(=O)/C=C/c1ccc(C2CC2C)o1)c1ccccc1. The Morgan fingerprint density at radius 2 is 2.04 bits per heavy atom. The summed E-state index contributed by atoms with van der Waals surface area (Å²) in [7, 11) is 0. The summed E-state index contributed by atoms with van der Waals surface area (Å²) >= 11 is 0. The van der Waals surface area contributed by atoms with Crippen LogP contribution in [-0.4, -0.2) is 12.5 Å². The molecule has 1 heterocycles. The number of amides is 1. The molecule has 1 fully saturated rings. The van der Waals surface area contributed by atoms with Crippen molar-refractivity contribution in [3.63, 3.8) is 0 Å². The molecular formula is C20H23NO2. The lowest BCUT2D eigenvalue weighted by atomic mass is 10.0. The molecule has 120 valence electrons. The molecule has 0 saturated heterocycles. The lowest BCUT2D eigenvalue weighted by Crippen LogP contribution is -2.25. The maximum Gasteiger partial charge on any atom is 0.244 e. The number of carbonyl (C=O) groups is 1. The van der Waals surface area contributed by atoms with Crippen LogP contribution >= 0.6 is 0 Å². The summed E-state index contributed by atoms with van der Waals surface area (Å²) in [5, 5.41) is 2.93. The number of furan rings is 1. The third-order valence-corrected chi connectivity index (χ3v) is 4.47. The molecule has 3 heteroatoms. The largest absolute Gasteiger partial charge is 0.461 e. The number of benzene rings is 1. The van der Waals surface area contributed by atoms with E-state index in [4.69, 9.17) is 4.42 Å². The molecule has 0 aliphatic heterocycles. The first kappa shape index (κ1) is 15.6. The lowest BCUT2D eigenvalue weighted by Gasteiger charge is -2.11. The predicted octanol–water partition coefficient (Wildman–Crippen LogP) is 4.34. The quantitative estimate of drug-likeness (QED) is 0.807. The highest BCUT2D eigenvalue weighted by Crippen LogP contribution is 2.47. The number of nitrogens with one attached hydrogen (secondary N) is 1. The Morgan fingerprint density at radius 3 is 2.74 bits per heavy atom. The van der Waals surface area contributed by atoms with Gasteiger partial charge in [0.05, 0.1) is 0 Å². The summed E-state index contributed by atoms with van der Waals surface area (Å²) in [5.74, 6) is 3.27. The van der Waals surface area contributed by atoms with E-state index < -0.39 is 0 Å². The summed E-state index contributed by atoms with van der Waals surface area (Å²) in [5.41, 5.74) is 1.23. The van der Waals surface area contributed by atoms with Gasteiger partial charge in [-0.3, -0.25) is 4.79 Å². The first-order valence-corrected chi connectivity index (χ1v) is 8.24. The normalized spacial score (nSPS) is 21.3. The Morgan fingerprint density at radius 1 is 1.30 bits per heavy atom. The second-order valence-corrected chi connectivity index (χ2v) is 6.45. The number of rotatable bonds is 6. The van der Waals surface area contributed by atoms with Crippen LogP contribution in [0, 0.1) is 5.92 Å². The summed E-state index contributed by atoms with van der Waals surface area (Å²) in [6.45, 7) is 4.95. The van der Waals surface area contributed by atoms with Gasteiger partial charge in [-0.25, -0.2) is 0 Å². The van der Waals surface area contributed by atoms with Gasteiger partial charge in [-0.1, -0.05) is 44.2 Å². The van der Waals surface area contributed by atoms with Gasteiger partial charge in [-0.2, -0.15) is 0 Å². The summed E-state index contributed by atoms with van der Waals surface area (Å²) < 4.78 is 5.76. The van der Waals surface area contributed by atoms with Gasteiger partial charge in [0, 0.05) is 18.5 Å². The second-order valence-electron chi connectivity index (χ2n) is 6.45. The topological polar surface area (TPSA) is 42.2 Å². The fourth-order valence-electron chi connectivity index (χ4n) is 2.75. The van der Waals surface area contributed by atoms with Crippen LogP contribution < -0.4 is 5.32 Å². The van der Waals surface area contributed by atoms with Crippen molar-refractivity contribution in [2.45, 2.75) is 32.1 Å². The van der Waals surface area contributed by atoms with Crippen LogP contribution in [0.2, 0.25) is 0 Å². The van der Waals surface area contributed by atoms with Crippen molar-refractivity contribution in [2.24, 2.45) is 5.92 Å². The molecule has 1 aliphatic carbocycles. The van der Waals surface area contributed by atoms with Gasteiger partial charge in [-0.15, -0.1) is 0 Å². The van der Waals surface area contributed by atoms with E-state index in [9.17, 15) is 4.79 Å². The van der Waals surface area contributed by atoms with Crippen molar-refractivity contribution in [1.29, 1.82) is 0 Å². The smallest absolute Gasteiger partial charge is 0.244 e. The minimum absolute atomic E-state index is 0.0921. The first-order chi connectivity index (χ1) is 11.1. The second kappa shape index (κ2) is 6.86. The van der Waals surface area contributed by atoms with Crippen LogP contribution in [0.5, 0.6) is 0 Å². The van der Waals surface area contributed by atoms with Gasteiger partial charge in [-0.05, 0) is 42.0 Å². The van der Waals surface area contributed by atoms with E-state index in [-0.39, 0.29) is 5.91 Å². The van der Waals surface area contributed by atoms with E-state index in [1.807, 2.05) is 30.3 Å². The Kier molecular flexibility index (Phi) is 4.65. The predicted molar refractivity (Wildman–Crippen MR) is 92.1 cm³/mol. The molecule has 0 spiro atoms. The van der Waals surface area contributed by atoms with Gasteiger partial charge in [0.25, 0.3) is 0 Å². The van der Waals surface area contributed by atoms with Crippen LogP contribution in [0.15, 0.2) is 53.0 Å². The Hall–Kier alpha value is -2.29. The molecule has 0 radical (unpaired) electrons. The Bertz CT molecular complexity index is 687. The average molecular weight is 309 g/mol. The standard InChI is InChI=1S/C20H23NO2/c1-14-12-18(14)19-10-8-17(23-19)9-11-20(22)21-13-15(2)16-6-4-3-5-7-16/h3-11,14-15,18H,12-13H2,1-2H3,(H,21,22)/b11-9+. The number of carbonyl (C=O) groups excluding carboxylic acids is 1. The molecule has 3 unspecified atom stereocenters. The zero-order chi connectivity index (χ0) is 16.2. The molecule has 3 rings (SSSR count).